The van der Waals surface area contributed by atoms with Gasteiger partial charge in [-0.3, -0.25) is 0 Å². The Morgan fingerprint density at radius 3 is 1.73 bits per heavy atom. The Morgan fingerprint density at radius 2 is 1.20 bits per heavy atom. The minimum atomic E-state index is -1.82. The van der Waals surface area contributed by atoms with Crippen molar-refractivity contribution in [2.24, 2.45) is 0 Å². The maximum atomic E-state index is 10.7. The molecule has 2 saturated heterocycles. The molecule has 0 saturated carbocycles. The molecule has 0 spiro atoms. The number of aromatic hydroxyl groups is 3. The van der Waals surface area contributed by atoms with Crippen molar-refractivity contribution in [3.05, 3.63) is 58.8 Å². The first kappa shape index (κ1) is 31.8. The van der Waals surface area contributed by atoms with E-state index in [1.54, 1.807) is 0 Å². The van der Waals surface area contributed by atoms with Crippen LogP contribution in [0.3, 0.4) is 0 Å². The highest BCUT2D eigenvalue weighted by Gasteiger charge is 2.47. The lowest BCUT2D eigenvalue weighted by molar-refractivity contribution is -0.291. The molecule has 1 aromatic rings. The maximum absolute atomic E-state index is 10.7. The van der Waals surface area contributed by atoms with E-state index in [9.17, 15) is 61.3 Å². The van der Waals surface area contributed by atoms with E-state index in [2.05, 4.69) is 4.74 Å². The fourth-order valence-corrected chi connectivity index (χ4v) is 5.02. The van der Waals surface area contributed by atoms with E-state index in [-0.39, 0.29) is 28.4 Å². The van der Waals surface area contributed by atoms with Crippen molar-refractivity contribution >= 4 is 5.76 Å². The average molecular weight is 630 g/mol. The molecule has 0 aromatic heterocycles. The molecule has 3 heterocycles. The average Bonchev–Trinajstić information content (AvgIpc) is 3.00. The molecule has 44 heavy (non-hydrogen) atoms. The second-order valence-corrected chi connectivity index (χ2v) is 10.5. The summed E-state index contributed by atoms with van der Waals surface area (Å²) in [6.07, 6.45) is -13.6. The molecule has 0 bridgehead atoms. The van der Waals surface area contributed by atoms with Crippen LogP contribution >= 0.6 is 0 Å². The van der Waals surface area contributed by atoms with Crippen LogP contribution < -0.4 is 0 Å². The molecule has 4 aliphatic rings. The van der Waals surface area contributed by atoms with Gasteiger partial charge in [-0.2, -0.15) is 0 Å². The zero-order valence-electron chi connectivity index (χ0n) is 22.6. The van der Waals surface area contributed by atoms with Crippen molar-refractivity contribution in [1.82, 2.24) is 0 Å². The Kier molecular flexibility index (Phi) is 8.96. The van der Waals surface area contributed by atoms with Gasteiger partial charge in [0, 0.05) is 18.2 Å². The van der Waals surface area contributed by atoms with Crippen molar-refractivity contribution in [1.29, 1.82) is 0 Å². The summed E-state index contributed by atoms with van der Waals surface area (Å²) < 4.78 is 26.7. The molecule has 1 aromatic carbocycles. The van der Waals surface area contributed by atoms with Crippen LogP contribution in [-0.4, -0.2) is 147 Å². The summed E-state index contributed by atoms with van der Waals surface area (Å²) in [7, 11) is 0. The number of hydrogen-bond acceptors (Lipinski definition) is 16. The first-order chi connectivity index (χ1) is 20.8. The monoisotopic (exact) mass is 629 g/mol. The zero-order valence-corrected chi connectivity index (χ0v) is 22.6. The number of hydrogen-bond donors (Lipinski definition) is 12. The smallest absolute Gasteiger partial charge is 0.305 e. The number of aliphatic hydroxyl groups excluding tert-OH is 9. The fraction of sp³-hybridized carbons (Fsp3) is 0.481. The van der Waals surface area contributed by atoms with Crippen LogP contribution in [0.2, 0.25) is 0 Å². The SMILES string of the molecule is OC[C@H]1O[C@@H](OC2=CC3=CC(O[C@@H]4O[C@H](CO)[C@@H](O)[C@H](O)[C@H]4O)=C(c4cc(O)c(O)c(O)c4)[OH+]C3C=C2O)[C@H](O)[C@@H](O)[C@@H]1O. The van der Waals surface area contributed by atoms with Gasteiger partial charge in [-0.05, 0) is 6.08 Å². The van der Waals surface area contributed by atoms with E-state index >= 15 is 0 Å². The van der Waals surface area contributed by atoms with Crippen LogP contribution in [0.25, 0.3) is 5.76 Å². The fourth-order valence-electron chi connectivity index (χ4n) is 5.02. The molecule has 17 nitrogen and oxygen atoms in total. The van der Waals surface area contributed by atoms with Crippen LogP contribution in [0, 0.1) is 0 Å². The van der Waals surface area contributed by atoms with Crippen molar-refractivity contribution < 1.29 is 85.0 Å². The van der Waals surface area contributed by atoms with Crippen molar-refractivity contribution in [2.45, 2.75) is 67.5 Å². The van der Waals surface area contributed by atoms with E-state index in [0.29, 0.717) is 0 Å². The first-order valence-corrected chi connectivity index (χ1v) is 13.3. The highest BCUT2D eigenvalue weighted by atomic mass is 16.7. The molecule has 2 fully saturated rings. The van der Waals surface area contributed by atoms with Crippen molar-refractivity contribution in [3.63, 3.8) is 0 Å². The standard InChI is InChI=1S/C27H32O17/c28-6-16-19(34)21(36)23(38)26(43-16)41-14-3-8-4-15(42-27-24(39)22(37)20(35)17(7-29)44-27)25(40-13(8)5-10(14)30)9-1-11(31)18(33)12(32)2-9/h1-5,13,16-17,19-24,26-39H,6-7H2/p+1/t13?,16-,17-,19-,20-,21+,22+,23-,24-,26-,27-/m1/s1. The van der Waals surface area contributed by atoms with Gasteiger partial charge in [0.2, 0.25) is 24.4 Å². The van der Waals surface area contributed by atoms with E-state index in [1.165, 1.54) is 18.2 Å². The Balaban J connectivity index is 1.52. The number of fused-ring (bicyclic) bond motifs is 1. The normalized spacial score (nSPS) is 37.3. The number of phenolic OH excluding ortho intramolecular Hbond substituents is 3. The molecular weight excluding hydrogens is 596 g/mol. The topological polar surface area (TPSA) is 292 Å². The van der Waals surface area contributed by atoms with E-state index in [4.69, 9.17) is 18.9 Å². The molecule has 3 aliphatic heterocycles. The Morgan fingerprint density at radius 1 is 0.682 bits per heavy atom. The van der Waals surface area contributed by atoms with Gasteiger partial charge in [0.05, 0.1) is 30.4 Å². The van der Waals surface area contributed by atoms with Crippen LogP contribution in [0.1, 0.15) is 5.56 Å². The lowest BCUT2D eigenvalue weighted by Gasteiger charge is -2.40. The summed E-state index contributed by atoms with van der Waals surface area (Å²) in [6.45, 7) is -1.46. The second-order valence-electron chi connectivity index (χ2n) is 10.5. The van der Waals surface area contributed by atoms with Gasteiger partial charge in [-0.15, -0.1) is 0 Å². The number of benzene rings is 1. The molecule has 11 atom stereocenters. The Bertz CT molecular complexity index is 1340. The number of aliphatic hydroxyl groups is 11. The molecule has 13 N–H and O–H groups in total. The number of ether oxygens (including phenoxy) is 5. The minimum absolute atomic E-state index is 0.00655. The second kappa shape index (κ2) is 12.4. The highest BCUT2D eigenvalue weighted by molar-refractivity contribution is 5.71. The summed E-state index contributed by atoms with van der Waals surface area (Å²) >= 11 is 0. The number of rotatable bonds is 7. The largest absolute Gasteiger partial charge is 0.571 e. The first-order valence-electron chi connectivity index (χ1n) is 13.3. The third-order valence-corrected chi connectivity index (χ3v) is 7.53. The van der Waals surface area contributed by atoms with Crippen LogP contribution in [0.4, 0.5) is 0 Å². The van der Waals surface area contributed by atoms with Gasteiger partial charge in [-0.25, -0.2) is 0 Å². The molecule has 17 heteroatoms. The summed E-state index contributed by atoms with van der Waals surface area (Å²) in [4.78, 5) is 0. The third kappa shape index (κ3) is 5.77. The predicted octanol–water partition coefficient (Wildman–Crippen LogP) is -3.72. The molecule has 5 rings (SSSR count). The van der Waals surface area contributed by atoms with Crippen molar-refractivity contribution in [2.75, 3.05) is 13.2 Å². The van der Waals surface area contributed by atoms with Gasteiger partial charge < -0.3 is 85.0 Å². The van der Waals surface area contributed by atoms with Crippen LogP contribution in [-0.2, 0) is 18.9 Å². The summed E-state index contributed by atoms with van der Waals surface area (Å²) in [6, 6.07) is 2.08. The summed E-state index contributed by atoms with van der Waals surface area (Å²) in [5.41, 5.74) is 0.242. The molecule has 1 unspecified atom stereocenters. The van der Waals surface area contributed by atoms with Crippen LogP contribution in [0.5, 0.6) is 17.2 Å². The molecule has 242 valence electrons. The zero-order chi connectivity index (χ0) is 32.0. The predicted molar refractivity (Wildman–Crippen MR) is 141 cm³/mol. The lowest BCUT2D eigenvalue weighted by atomic mass is 9.97. The highest BCUT2D eigenvalue weighted by Crippen LogP contribution is 2.42. The van der Waals surface area contributed by atoms with Gasteiger partial charge in [0.1, 0.15) is 48.8 Å². The Labute approximate surface area is 247 Å². The lowest BCUT2D eigenvalue weighted by Crippen LogP contribution is -2.59. The van der Waals surface area contributed by atoms with Gasteiger partial charge in [0.15, 0.2) is 28.8 Å². The van der Waals surface area contributed by atoms with E-state index < -0.39 is 104 Å². The van der Waals surface area contributed by atoms with E-state index in [0.717, 1.165) is 12.1 Å². The van der Waals surface area contributed by atoms with Gasteiger partial charge in [-0.1, -0.05) is 0 Å². The maximum Gasteiger partial charge on any atom is 0.305 e. The minimum Gasteiger partial charge on any atom is -0.571 e. The van der Waals surface area contributed by atoms with E-state index in [1.807, 2.05) is 0 Å². The quantitative estimate of drug-likeness (QED) is 0.102. The third-order valence-electron chi connectivity index (χ3n) is 7.53. The summed E-state index contributed by atoms with van der Waals surface area (Å²) in [5, 5.41) is 121. The molecule has 1 aliphatic carbocycles. The molecular formula is C27H33O17+. The van der Waals surface area contributed by atoms with Gasteiger partial charge >= 0.3 is 5.76 Å². The van der Waals surface area contributed by atoms with Crippen molar-refractivity contribution in [3.8, 4) is 17.2 Å². The number of allylic oxidation sites excluding steroid dienone is 1. The molecule has 0 amide bonds. The summed E-state index contributed by atoms with van der Waals surface area (Å²) in [5.74, 6) is -3.35. The number of phenols is 3. The van der Waals surface area contributed by atoms with Crippen LogP contribution in [0.15, 0.2) is 53.2 Å². The molecule has 0 radical (unpaired) electrons. The Hall–Kier alpha value is -3.62. The van der Waals surface area contributed by atoms with Gasteiger partial charge in [0.25, 0.3) is 0 Å².